The Hall–Kier alpha value is -0.410. The summed E-state index contributed by atoms with van der Waals surface area (Å²) in [5.41, 5.74) is -0.628. The number of carbonyl (C=O) groups excluding carboxylic acids is 1. The fraction of sp³-hybridized carbons (Fsp3) is 0.955. The maximum atomic E-state index is 13.7. The molecule has 0 amide bonds. The summed E-state index contributed by atoms with van der Waals surface area (Å²) in [4.78, 5) is 13.7. The highest BCUT2D eigenvalue weighted by Gasteiger charge is 2.67. The van der Waals surface area contributed by atoms with Crippen LogP contribution in [0.25, 0.3) is 0 Å². The summed E-state index contributed by atoms with van der Waals surface area (Å²) < 4.78 is 5.93. The maximum absolute atomic E-state index is 13.7. The van der Waals surface area contributed by atoms with Crippen molar-refractivity contribution in [2.75, 3.05) is 7.11 Å². The van der Waals surface area contributed by atoms with Gasteiger partial charge in [-0.25, -0.2) is 0 Å². The molecule has 0 spiro atoms. The van der Waals surface area contributed by atoms with Crippen molar-refractivity contribution in [3.05, 3.63) is 0 Å². The van der Waals surface area contributed by atoms with E-state index < -0.39 is 11.5 Å². The molecule has 1 N–H and O–H groups in total. The number of aliphatic hydroxyl groups excluding tert-OH is 1. The molecule has 8 atom stereocenters. The van der Waals surface area contributed by atoms with Crippen molar-refractivity contribution in [3.63, 3.8) is 0 Å². The number of ketones is 1. The van der Waals surface area contributed by atoms with Gasteiger partial charge in [0.1, 0.15) is 5.78 Å². The molecule has 0 heterocycles. The van der Waals surface area contributed by atoms with E-state index in [1.54, 1.807) is 0 Å². The third-order valence-corrected chi connectivity index (χ3v) is 9.39. The summed E-state index contributed by atoms with van der Waals surface area (Å²) in [7, 11) is 1.81. The first-order chi connectivity index (χ1) is 11.6. The molecule has 3 aliphatic rings. The van der Waals surface area contributed by atoms with Crippen molar-refractivity contribution >= 4 is 5.78 Å². The van der Waals surface area contributed by atoms with Crippen molar-refractivity contribution in [1.82, 2.24) is 0 Å². The molecule has 25 heavy (non-hydrogen) atoms. The largest absolute Gasteiger partial charge is 0.393 e. The standard InChI is InChI=1S/C22H38O3/c1-13(2)20(5)12-17(23)21(6)14(3)8-10-22(15(4)19(20)24)11-9-16(25-7)18(21)22/h13-18,23H,8-12H2,1-7H3/t14-,15+,16-,17-,18?,20+,21+,22?/m1/s1. The van der Waals surface area contributed by atoms with E-state index in [1.165, 1.54) is 0 Å². The minimum atomic E-state index is -0.452. The molecule has 0 aromatic rings. The number of carbonyl (C=O) groups is 1. The van der Waals surface area contributed by atoms with Crippen molar-refractivity contribution in [3.8, 4) is 0 Å². The Bertz CT molecular complexity index is 543. The maximum Gasteiger partial charge on any atom is 0.142 e. The second-order valence-corrected chi connectivity index (χ2v) is 10.2. The lowest BCUT2D eigenvalue weighted by atomic mass is 9.43. The van der Waals surface area contributed by atoms with E-state index in [9.17, 15) is 9.90 Å². The van der Waals surface area contributed by atoms with Gasteiger partial charge in [0, 0.05) is 23.9 Å². The third kappa shape index (κ3) is 2.34. The predicted molar refractivity (Wildman–Crippen MR) is 100 cm³/mol. The van der Waals surface area contributed by atoms with Crippen LogP contribution >= 0.6 is 0 Å². The molecule has 144 valence electrons. The van der Waals surface area contributed by atoms with Crippen LogP contribution in [0.15, 0.2) is 0 Å². The van der Waals surface area contributed by atoms with E-state index in [-0.39, 0.29) is 34.7 Å². The highest BCUT2D eigenvalue weighted by molar-refractivity contribution is 5.87. The number of rotatable bonds is 2. The Morgan fingerprint density at radius 1 is 1.16 bits per heavy atom. The van der Waals surface area contributed by atoms with Crippen LogP contribution in [0.3, 0.4) is 0 Å². The molecule has 0 aromatic carbocycles. The lowest BCUT2D eigenvalue weighted by Gasteiger charge is -2.62. The highest BCUT2D eigenvalue weighted by atomic mass is 16.5. The smallest absolute Gasteiger partial charge is 0.142 e. The zero-order chi connectivity index (χ0) is 18.8. The first kappa shape index (κ1) is 19.4. The summed E-state index contributed by atoms with van der Waals surface area (Å²) in [6.45, 7) is 13.2. The van der Waals surface area contributed by atoms with Crippen molar-refractivity contribution in [2.45, 2.75) is 85.9 Å². The van der Waals surface area contributed by atoms with Gasteiger partial charge in [-0.2, -0.15) is 0 Å². The summed E-state index contributed by atoms with van der Waals surface area (Å²) in [5, 5.41) is 11.5. The van der Waals surface area contributed by atoms with Gasteiger partial charge in [-0.15, -0.1) is 0 Å². The molecule has 3 nitrogen and oxygen atoms in total. The Labute approximate surface area is 153 Å². The second-order valence-electron chi connectivity index (χ2n) is 10.2. The molecule has 3 heteroatoms. The lowest BCUT2D eigenvalue weighted by Crippen LogP contribution is -2.62. The van der Waals surface area contributed by atoms with E-state index in [1.807, 2.05) is 7.11 Å². The first-order valence-corrected chi connectivity index (χ1v) is 10.3. The molecule has 3 saturated carbocycles. The Balaban J connectivity index is 2.20. The minimum Gasteiger partial charge on any atom is -0.393 e. The SMILES string of the molecule is CO[C@@H]1CCC23CC[C@@H](C)[C@](C)(C12)[C@H](O)C[C@@](C)(C(C)C)C(=O)[C@@H]3C. The molecule has 2 bridgehead atoms. The molecule has 3 aliphatic carbocycles. The molecule has 2 unspecified atom stereocenters. The van der Waals surface area contributed by atoms with Gasteiger partial charge in [0.25, 0.3) is 0 Å². The van der Waals surface area contributed by atoms with E-state index >= 15 is 0 Å². The van der Waals surface area contributed by atoms with Gasteiger partial charge in [0.2, 0.25) is 0 Å². The first-order valence-electron chi connectivity index (χ1n) is 10.3. The monoisotopic (exact) mass is 350 g/mol. The van der Waals surface area contributed by atoms with E-state index in [0.29, 0.717) is 18.1 Å². The number of hydrogen-bond donors (Lipinski definition) is 1. The van der Waals surface area contributed by atoms with Crippen LogP contribution in [0, 0.1) is 39.9 Å². The van der Waals surface area contributed by atoms with E-state index in [2.05, 4.69) is 41.5 Å². The number of Topliss-reactive ketones (excluding diaryl/α,β-unsaturated/α-hetero) is 1. The van der Waals surface area contributed by atoms with Crippen LogP contribution in [0.1, 0.15) is 73.6 Å². The van der Waals surface area contributed by atoms with Gasteiger partial charge in [-0.05, 0) is 55.3 Å². The quantitative estimate of drug-likeness (QED) is 0.799. The van der Waals surface area contributed by atoms with Crippen molar-refractivity contribution in [2.24, 2.45) is 39.9 Å². The van der Waals surface area contributed by atoms with Gasteiger partial charge >= 0.3 is 0 Å². The van der Waals surface area contributed by atoms with Gasteiger partial charge in [0.05, 0.1) is 12.2 Å². The van der Waals surface area contributed by atoms with Crippen LogP contribution < -0.4 is 0 Å². The van der Waals surface area contributed by atoms with E-state index in [4.69, 9.17) is 4.74 Å². The second kappa shape index (κ2) is 6.05. The number of aliphatic hydroxyl groups is 1. The van der Waals surface area contributed by atoms with Crippen LogP contribution in [0.4, 0.5) is 0 Å². The highest BCUT2D eigenvalue weighted by Crippen LogP contribution is 2.68. The molecular formula is C22H38O3. The summed E-state index contributed by atoms with van der Waals surface area (Å²) in [6, 6.07) is 0. The summed E-state index contributed by atoms with van der Waals surface area (Å²) in [5.74, 6) is 1.39. The summed E-state index contributed by atoms with van der Waals surface area (Å²) >= 11 is 0. The molecule has 0 saturated heterocycles. The van der Waals surface area contributed by atoms with Crippen LogP contribution in [0.2, 0.25) is 0 Å². The molecule has 0 aliphatic heterocycles. The normalized spacial score (nSPS) is 53.5. The average molecular weight is 351 g/mol. The Morgan fingerprint density at radius 3 is 2.32 bits per heavy atom. The predicted octanol–water partition coefficient (Wildman–Crippen LogP) is 4.47. The van der Waals surface area contributed by atoms with Gasteiger partial charge in [-0.1, -0.05) is 41.5 Å². The van der Waals surface area contributed by atoms with Crippen LogP contribution in [0.5, 0.6) is 0 Å². The summed E-state index contributed by atoms with van der Waals surface area (Å²) in [6.07, 6.45) is 4.59. The fourth-order valence-electron chi connectivity index (χ4n) is 7.00. The number of methoxy groups -OCH3 is 1. The fourth-order valence-corrected chi connectivity index (χ4v) is 7.00. The zero-order valence-electron chi connectivity index (χ0n) is 17.3. The molecule has 0 aromatic heterocycles. The van der Waals surface area contributed by atoms with E-state index in [0.717, 1.165) is 25.7 Å². The number of hydrogen-bond acceptors (Lipinski definition) is 3. The Kier molecular flexibility index (Phi) is 4.69. The molecule has 3 rings (SSSR count). The van der Waals surface area contributed by atoms with Crippen LogP contribution in [-0.2, 0) is 9.53 Å². The zero-order valence-corrected chi connectivity index (χ0v) is 17.3. The Morgan fingerprint density at radius 2 is 1.76 bits per heavy atom. The van der Waals surface area contributed by atoms with Crippen molar-refractivity contribution in [1.29, 1.82) is 0 Å². The number of ether oxygens (including phenoxy) is 1. The van der Waals surface area contributed by atoms with Gasteiger partial charge < -0.3 is 9.84 Å². The lowest BCUT2D eigenvalue weighted by molar-refractivity contribution is -0.194. The topological polar surface area (TPSA) is 46.5 Å². The van der Waals surface area contributed by atoms with Crippen molar-refractivity contribution < 1.29 is 14.6 Å². The molecule has 0 radical (unpaired) electrons. The molecule has 3 fully saturated rings. The average Bonchev–Trinajstić information content (AvgIpc) is 2.96. The molecular weight excluding hydrogens is 312 g/mol. The van der Waals surface area contributed by atoms with Crippen LogP contribution in [-0.4, -0.2) is 30.2 Å². The van der Waals surface area contributed by atoms with Gasteiger partial charge in [-0.3, -0.25) is 4.79 Å². The third-order valence-electron chi connectivity index (χ3n) is 9.39. The van der Waals surface area contributed by atoms with Gasteiger partial charge in [0.15, 0.2) is 0 Å². The minimum absolute atomic E-state index is 0.00340.